The number of nitrogens with one attached hydrogen (secondary N) is 1. The Bertz CT molecular complexity index is 635. The Morgan fingerprint density at radius 1 is 1.33 bits per heavy atom. The highest BCUT2D eigenvalue weighted by Crippen LogP contribution is 2.37. The normalized spacial score (nSPS) is 15.4. The standard InChI is InChI=1S/C13H11BrF3N3S/c14-7-1-4-9(19-5-7)12-20-11(13(15,16)17)10(21-12)6-18-8-2-3-8/h1,4-5,8,18H,2-3,6H2. The molecule has 1 fully saturated rings. The zero-order valence-electron chi connectivity index (χ0n) is 10.7. The van der Waals surface area contributed by atoms with Gasteiger partial charge in [0.25, 0.3) is 0 Å². The third-order valence-corrected chi connectivity index (χ3v) is 4.59. The predicted molar refractivity (Wildman–Crippen MR) is 77.9 cm³/mol. The molecule has 8 heteroatoms. The number of pyridine rings is 1. The molecule has 0 amide bonds. The van der Waals surface area contributed by atoms with Crippen LogP contribution < -0.4 is 5.32 Å². The second-order valence-corrected chi connectivity index (χ2v) is 6.80. The molecule has 1 aliphatic carbocycles. The first-order chi connectivity index (χ1) is 9.93. The van der Waals surface area contributed by atoms with Gasteiger partial charge in [-0.2, -0.15) is 13.2 Å². The van der Waals surface area contributed by atoms with Gasteiger partial charge in [-0.05, 0) is 40.9 Å². The van der Waals surface area contributed by atoms with Crippen LogP contribution in [0.2, 0.25) is 0 Å². The Morgan fingerprint density at radius 2 is 2.10 bits per heavy atom. The van der Waals surface area contributed by atoms with Crippen LogP contribution in [0.3, 0.4) is 0 Å². The van der Waals surface area contributed by atoms with Gasteiger partial charge >= 0.3 is 6.18 Å². The lowest BCUT2D eigenvalue weighted by Crippen LogP contribution is -2.18. The van der Waals surface area contributed by atoms with E-state index in [-0.39, 0.29) is 11.4 Å². The number of alkyl halides is 3. The first-order valence-electron chi connectivity index (χ1n) is 6.35. The Kier molecular flexibility index (Phi) is 4.02. The summed E-state index contributed by atoms with van der Waals surface area (Å²) in [4.78, 5) is 8.08. The van der Waals surface area contributed by atoms with Gasteiger partial charge in [-0.15, -0.1) is 11.3 Å². The molecular weight excluding hydrogens is 367 g/mol. The third kappa shape index (κ3) is 3.61. The van der Waals surface area contributed by atoms with Gasteiger partial charge in [0, 0.05) is 23.3 Å². The van der Waals surface area contributed by atoms with Crippen LogP contribution in [0.15, 0.2) is 22.8 Å². The van der Waals surface area contributed by atoms with Crippen LogP contribution in [-0.2, 0) is 12.7 Å². The van der Waals surface area contributed by atoms with E-state index in [4.69, 9.17) is 0 Å². The lowest BCUT2D eigenvalue weighted by Gasteiger charge is -2.06. The van der Waals surface area contributed by atoms with Crippen LogP contribution in [0, 0.1) is 0 Å². The molecule has 112 valence electrons. The molecule has 0 aliphatic heterocycles. The van der Waals surface area contributed by atoms with Crippen molar-refractivity contribution in [3.8, 4) is 10.7 Å². The zero-order valence-corrected chi connectivity index (χ0v) is 13.1. The topological polar surface area (TPSA) is 37.8 Å². The van der Waals surface area contributed by atoms with E-state index in [0.29, 0.717) is 16.7 Å². The number of thiazole rings is 1. The fourth-order valence-electron chi connectivity index (χ4n) is 1.83. The van der Waals surface area contributed by atoms with Gasteiger partial charge in [-0.1, -0.05) is 0 Å². The first-order valence-corrected chi connectivity index (χ1v) is 7.96. The fraction of sp³-hybridized carbons (Fsp3) is 0.385. The summed E-state index contributed by atoms with van der Waals surface area (Å²) in [6.07, 6.45) is -0.834. The Labute approximate surface area is 131 Å². The second-order valence-electron chi connectivity index (χ2n) is 4.81. The number of aromatic nitrogens is 2. The molecule has 2 aromatic heterocycles. The number of hydrogen-bond donors (Lipinski definition) is 1. The van der Waals surface area contributed by atoms with Crippen LogP contribution in [0.4, 0.5) is 13.2 Å². The van der Waals surface area contributed by atoms with Crippen LogP contribution in [0.25, 0.3) is 10.7 Å². The van der Waals surface area contributed by atoms with Gasteiger partial charge in [-0.25, -0.2) is 4.98 Å². The Morgan fingerprint density at radius 3 is 2.67 bits per heavy atom. The van der Waals surface area contributed by atoms with Crippen molar-refractivity contribution in [3.63, 3.8) is 0 Å². The minimum atomic E-state index is -4.44. The zero-order chi connectivity index (χ0) is 15.0. The Hall–Kier alpha value is -0.990. The van der Waals surface area contributed by atoms with Crippen LogP contribution in [0.5, 0.6) is 0 Å². The molecule has 0 bridgehead atoms. The molecule has 0 unspecified atom stereocenters. The lowest BCUT2D eigenvalue weighted by atomic mass is 10.3. The summed E-state index contributed by atoms with van der Waals surface area (Å²) in [7, 11) is 0. The summed E-state index contributed by atoms with van der Waals surface area (Å²) >= 11 is 4.29. The van der Waals surface area contributed by atoms with Crippen molar-refractivity contribution < 1.29 is 13.2 Å². The van der Waals surface area contributed by atoms with Crippen molar-refractivity contribution in [2.24, 2.45) is 0 Å². The maximum atomic E-state index is 13.1. The summed E-state index contributed by atoms with van der Waals surface area (Å²) in [5.74, 6) is 0. The van der Waals surface area contributed by atoms with Crippen molar-refractivity contribution in [1.29, 1.82) is 0 Å². The summed E-state index contributed by atoms with van der Waals surface area (Å²) in [6.45, 7) is 0.202. The van der Waals surface area contributed by atoms with Gasteiger partial charge in [0.1, 0.15) is 5.01 Å². The largest absolute Gasteiger partial charge is 0.434 e. The minimum absolute atomic E-state index is 0.202. The fourth-order valence-corrected chi connectivity index (χ4v) is 3.07. The minimum Gasteiger partial charge on any atom is -0.309 e. The molecule has 0 atom stereocenters. The molecule has 1 saturated carbocycles. The lowest BCUT2D eigenvalue weighted by molar-refractivity contribution is -0.141. The molecule has 3 rings (SSSR count). The molecule has 0 saturated heterocycles. The third-order valence-electron chi connectivity index (χ3n) is 3.04. The summed E-state index contributed by atoms with van der Waals surface area (Å²) in [6, 6.07) is 3.74. The SMILES string of the molecule is FC(F)(F)c1nc(-c2ccc(Br)cn2)sc1CNC1CC1. The van der Waals surface area contributed by atoms with Crippen LogP contribution >= 0.6 is 27.3 Å². The van der Waals surface area contributed by atoms with Crippen molar-refractivity contribution in [2.75, 3.05) is 0 Å². The van der Waals surface area contributed by atoms with E-state index >= 15 is 0 Å². The molecule has 21 heavy (non-hydrogen) atoms. The number of rotatable bonds is 4. The van der Waals surface area contributed by atoms with Gasteiger partial charge in [0.15, 0.2) is 5.69 Å². The van der Waals surface area contributed by atoms with Crippen molar-refractivity contribution in [2.45, 2.75) is 31.6 Å². The highest BCUT2D eigenvalue weighted by Gasteiger charge is 2.38. The summed E-state index contributed by atoms with van der Waals surface area (Å²) in [5.41, 5.74) is -0.355. The maximum Gasteiger partial charge on any atom is 0.434 e. The van der Waals surface area contributed by atoms with Crippen molar-refractivity contribution in [1.82, 2.24) is 15.3 Å². The molecule has 3 nitrogen and oxygen atoms in total. The molecule has 1 aliphatic rings. The molecular formula is C13H11BrF3N3S. The highest BCUT2D eigenvalue weighted by molar-refractivity contribution is 9.10. The first kappa shape index (κ1) is 14.9. The van der Waals surface area contributed by atoms with E-state index in [0.717, 1.165) is 28.7 Å². The van der Waals surface area contributed by atoms with Gasteiger partial charge in [0.05, 0.1) is 10.6 Å². The van der Waals surface area contributed by atoms with E-state index in [1.54, 1.807) is 18.3 Å². The van der Waals surface area contributed by atoms with E-state index in [9.17, 15) is 13.2 Å². The van der Waals surface area contributed by atoms with Gasteiger partial charge in [0.2, 0.25) is 0 Å². The smallest absolute Gasteiger partial charge is 0.309 e. The van der Waals surface area contributed by atoms with Gasteiger partial charge in [-0.3, -0.25) is 4.98 Å². The molecule has 0 spiro atoms. The van der Waals surface area contributed by atoms with Crippen LogP contribution in [0.1, 0.15) is 23.4 Å². The summed E-state index contributed by atoms with van der Waals surface area (Å²) < 4.78 is 40.0. The second kappa shape index (κ2) is 5.66. The van der Waals surface area contributed by atoms with Crippen molar-refractivity contribution >= 4 is 27.3 Å². The number of nitrogens with zero attached hydrogens (tertiary/aromatic N) is 2. The van der Waals surface area contributed by atoms with Gasteiger partial charge < -0.3 is 5.32 Å². The average Bonchev–Trinajstić information content (AvgIpc) is 3.14. The monoisotopic (exact) mass is 377 g/mol. The van der Waals surface area contributed by atoms with Crippen molar-refractivity contribution in [3.05, 3.63) is 33.4 Å². The maximum absolute atomic E-state index is 13.1. The number of hydrogen-bond acceptors (Lipinski definition) is 4. The van der Waals surface area contributed by atoms with E-state index in [2.05, 4.69) is 31.2 Å². The van der Waals surface area contributed by atoms with E-state index in [1.165, 1.54) is 0 Å². The molecule has 1 N–H and O–H groups in total. The van der Waals surface area contributed by atoms with E-state index in [1.807, 2.05) is 0 Å². The molecule has 0 aromatic carbocycles. The molecule has 0 radical (unpaired) electrons. The Balaban J connectivity index is 1.91. The quantitative estimate of drug-likeness (QED) is 0.865. The summed E-state index contributed by atoms with van der Waals surface area (Å²) in [5, 5.41) is 3.40. The average molecular weight is 378 g/mol. The molecule has 2 heterocycles. The predicted octanol–water partition coefficient (Wildman–Crippen LogP) is 4.24. The number of halogens is 4. The molecule has 2 aromatic rings. The van der Waals surface area contributed by atoms with E-state index < -0.39 is 11.9 Å². The highest BCUT2D eigenvalue weighted by atomic mass is 79.9. The van der Waals surface area contributed by atoms with Crippen LogP contribution in [-0.4, -0.2) is 16.0 Å².